The van der Waals surface area contributed by atoms with Crippen LogP contribution >= 0.6 is 11.6 Å². The molecule has 1 atom stereocenters. The summed E-state index contributed by atoms with van der Waals surface area (Å²) in [5.74, 6) is 0.691. The molecule has 0 aliphatic rings. The van der Waals surface area contributed by atoms with Crippen LogP contribution in [0, 0.1) is 0 Å². The highest BCUT2D eigenvalue weighted by molar-refractivity contribution is 6.28. The molecular formula is C13H15ClN2O. The molecule has 0 fully saturated rings. The quantitative estimate of drug-likeness (QED) is 0.907. The van der Waals surface area contributed by atoms with E-state index in [0.717, 1.165) is 12.1 Å². The Hall–Kier alpha value is -1.32. The molecule has 0 saturated carbocycles. The molecule has 2 N–H and O–H groups in total. The molecule has 4 heteroatoms. The second kappa shape index (κ2) is 5.34. The van der Waals surface area contributed by atoms with E-state index in [1.54, 1.807) is 12.1 Å². The van der Waals surface area contributed by atoms with Crippen LogP contribution in [0.5, 0.6) is 0 Å². The number of nitrogens with two attached hydrogens (primary N) is 1. The van der Waals surface area contributed by atoms with Crippen LogP contribution in [0.1, 0.15) is 30.0 Å². The van der Waals surface area contributed by atoms with Crippen LogP contribution in [0.4, 0.5) is 0 Å². The average Bonchev–Trinajstić information content (AvgIpc) is 2.77. The third-order valence-electron chi connectivity index (χ3n) is 2.68. The van der Waals surface area contributed by atoms with Crippen molar-refractivity contribution in [2.45, 2.75) is 25.8 Å². The number of hydrogen-bond acceptors (Lipinski definition) is 3. The van der Waals surface area contributed by atoms with Crippen molar-refractivity contribution in [1.29, 1.82) is 0 Å². The number of rotatable bonds is 4. The Morgan fingerprint density at radius 1 is 1.35 bits per heavy atom. The molecule has 1 unspecified atom stereocenters. The Labute approximate surface area is 106 Å². The fraction of sp³-hybridized carbons (Fsp3) is 0.308. The van der Waals surface area contributed by atoms with Crippen LogP contribution < -0.4 is 5.73 Å². The van der Waals surface area contributed by atoms with Gasteiger partial charge in [0.1, 0.15) is 5.76 Å². The van der Waals surface area contributed by atoms with Crippen LogP contribution in [-0.2, 0) is 12.8 Å². The van der Waals surface area contributed by atoms with Gasteiger partial charge in [-0.2, -0.15) is 0 Å². The van der Waals surface area contributed by atoms with E-state index in [0.29, 0.717) is 17.4 Å². The van der Waals surface area contributed by atoms with E-state index in [9.17, 15) is 0 Å². The van der Waals surface area contributed by atoms with Gasteiger partial charge in [0.05, 0.1) is 6.04 Å². The highest BCUT2D eigenvalue weighted by Gasteiger charge is 2.11. The second-order valence-corrected chi connectivity index (χ2v) is 4.34. The molecule has 0 radical (unpaired) electrons. The Morgan fingerprint density at radius 3 is 2.71 bits per heavy atom. The first-order valence-corrected chi connectivity index (χ1v) is 6.01. The highest BCUT2D eigenvalue weighted by atomic mass is 35.5. The summed E-state index contributed by atoms with van der Waals surface area (Å²) >= 11 is 5.71. The van der Waals surface area contributed by atoms with Crippen molar-refractivity contribution in [2.75, 3.05) is 0 Å². The van der Waals surface area contributed by atoms with Gasteiger partial charge in [0.15, 0.2) is 5.22 Å². The molecule has 90 valence electrons. The average molecular weight is 251 g/mol. The number of furan rings is 1. The molecule has 0 saturated heterocycles. The van der Waals surface area contributed by atoms with E-state index in [-0.39, 0.29) is 6.04 Å². The lowest BCUT2D eigenvalue weighted by molar-refractivity contribution is 0.464. The number of pyridine rings is 1. The van der Waals surface area contributed by atoms with E-state index >= 15 is 0 Å². The summed E-state index contributed by atoms with van der Waals surface area (Å²) in [6.45, 7) is 2.10. The third kappa shape index (κ3) is 3.08. The molecule has 2 rings (SSSR count). The monoisotopic (exact) mass is 250 g/mol. The molecule has 2 aromatic heterocycles. The lowest BCUT2D eigenvalue weighted by Gasteiger charge is -2.08. The predicted molar refractivity (Wildman–Crippen MR) is 68.0 cm³/mol. The van der Waals surface area contributed by atoms with Crippen LogP contribution in [0.2, 0.25) is 5.22 Å². The van der Waals surface area contributed by atoms with E-state index in [4.69, 9.17) is 21.8 Å². The van der Waals surface area contributed by atoms with Gasteiger partial charge in [-0.25, -0.2) is 0 Å². The number of halogens is 1. The minimum atomic E-state index is -0.206. The van der Waals surface area contributed by atoms with Crippen LogP contribution in [0.15, 0.2) is 34.9 Å². The standard InChI is InChI=1S/C13H15ClN2O/c1-2-9-3-4-10(16-8-9)7-11(15)12-5-6-13(14)17-12/h3-6,8,11H,2,7,15H2,1H3. The predicted octanol–water partition coefficient (Wildman–Crippen LogP) is 3.13. The van der Waals surface area contributed by atoms with Crippen molar-refractivity contribution in [1.82, 2.24) is 4.98 Å². The van der Waals surface area contributed by atoms with Gasteiger partial charge < -0.3 is 10.2 Å². The zero-order valence-electron chi connectivity index (χ0n) is 9.69. The van der Waals surface area contributed by atoms with Crippen molar-refractivity contribution in [2.24, 2.45) is 5.73 Å². The first kappa shape index (κ1) is 12.1. The molecule has 0 aromatic carbocycles. The van der Waals surface area contributed by atoms with Gasteiger partial charge in [-0.15, -0.1) is 0 Å². The molecule has 0 aliphatic carbocycles. The first-order valence-electron chi connectivity index (χ1n) is 5.63. The fourth-order valence-corrected chi connectivity index (χ4v) is 1.79. The van der Waals surface area contributed by atoms with Crippen molar-refractivity contribution in [3.05, 3.63) is 52.7 Å². The van der Waals surface area contributed by atoms with Gasteiger partial charge in [0, 0.05) is 18.3 Å². The minimum Gasteiger partial charge on any atom is -0.448 e. The van der Waals surface area contributed by atoms with Gasteiger partial charge in [-0.05, 0) is 41.8 Å². The molecule has 3 nitrogen and oxygen atoms in total. The molecule has 17 heavy (non-hydrogen) atoms. The smallest absolute Gasteiger partial charge is 0.193 e. The van der Waals surface area contributed by atoms with Gasteiger partial charge in [-0.3, -0.25) is 4.98 Å². The SMILES string of the molecule is CCc1ccc(CC(N)c2ccc(Cl)o2)nc1. The lowest BCUT2D eigenvalue weighted by atomic mass is 10.1. The number of hydrogen-bond donors (Lipinski definition) is 1. The summed E-state index contributed by atoms with van der Waals surface area (Å²) in [6.07, 6.45) is 3.53. The molecule has 0 spiro atoms. The zero-order chi connectivity index (χ0) is 12.3. The minimum absolute atomic E-state index is 0.206. The van der Waals surface area contributed by atoms with E-state index in [1.807, 2.05) is 12.3 Å². The van der Waals surface area contributed by atoms with Crippen molar-refractivity contribution in [3.8, 4) is 0 Å². The largest absolute Gasteiger partial charge is 0.448 e. The van der Waals surface area contributed by atoms with E-state index in [2.05, 4.69) is 18.0 Å². The maximum Gasteiger partial charge on any atom is 0.193 e. The third-order valence-corrected chi connectivity index (χ3v) is 2.89. The molecule has 0 amide bonds. The molecule has 0 aliphatic heterocycles. The zero-order valence-corrected chi connectivity index (χ0v) is 10.4. The van der Waals surface area contributed by atoms with Crippen molar-refractivity contribution < 1.29 is 4.42 Å². The number of aromatic nitrogens is 1. The van der Waals surface area contributed by atoms with Crippen LogP contribution in [0.3, 0.4) is 0 Å². The van der Waals surface area contributed by atoms with Gasteiger partial charge >= 0.3 is 0 Å². The maximum absolute atomic E-state index is 6.02. The summed E-state index contributed by atoms with van der Waals surface area (Å²) in [4.78, 5) is 4.37. The summed E-state index contributed by atoms with van der Waals surface area (Å²) in [5.41, 5.74) is 8.20. The summed E-state index contributed by atoms with van der Waals surface area (Å²) < 4.78 is 5.28. The second-order valence-electron chi connectivity index (χ2n) is 3.96. The Balaban J connectivity index is 2.04. The number of nitrogens with zero attached hydrogens (tertiary/aromatic N) is 1. The lowest BCUT2D eigenvalue weighted by Crippen LogP contribution is -2.13. The van der Waals surface area contributed by atoms with Gasteiger partial charge in [0.2, 0.25) is 0 Å². The topological polar surface area (TPSA) is 52.0 Å². The Bertz CT molecular complexity index is 478. The van der Waals surface area contributed by atoms with Crippen LogP contribution in [-0.4, -0.2) is 4.98 Å². The number of aryl methyl sites for hydroxylation is 1. The van der Waals surface area contributed by atoms with Gasteiger partial charge in [-0.1, -0.05) is 13.0 Å². The normalized spacial score (nSPS) is 12.6. The maximum atomic E-state index is 6.02. The van der Waals surface area contributed by atoms with Gasteiger partial charge in [0.25, 0.3) is 0 Å². The summed E-state index contributed by atoms with van der Waals surface area (Å²) in [5, 5.41) is 0.366. The summed E-state index contributed by atoms with van der Waals surface area (Å²) in [7, 11) is 0. The van der Waals surface area contributed by atoms with Crippen LogP contribution in [0.25, 0.3) is 0 Å². The molecule has 2 aromatic rings. The summed E-state index contributed by atoms with van der Waals surface area (Å²) in [6, 6.07) is 7.37. The molecule has 2 heterocycles. The highest BCUT2D eigenvalue weighted by Crippen LogP contribution is 2.20. The van der Waals surface area contributed by atoms with Crippen molar-refractivity contribution >= 4 is 11.6 Å². The molecule has 0 bridgehead atoms. The first-order chi connectivity index (χ1) is 8.19. The molecular weight excluding hydrogens is 236 g/mol. The Morgan fingerprint density at radius 2 is 2.18 bits per heavy atom. The van der Waals surface area contributed by atoms with E-state index < -0.39 is 0 Å². The van der Waals surface area contributed by atoms with E-state index in [1.165, 1.54) is 5.56 Å². The van der Waals surface area contributed by atoms with Crippen molar-refractivity contribution in [3.63, 3.8) is 0 Å². The Kier molecular flexibility index (Phi) is 3.82. The fourth-order valence-electron chi connectivity index (χ4n) is 1.64.